The second-order valence-electron chi connectivity index (χ2n) is 9.85. The van der Waals surface area contributed by atoms with Gasteiger partial charge in [0.25, 0.3) is 10.0 Å². The number of benzene rings is 3. The number of nitrogens with one attached hydrogen (secondary N) is 1. The number of ether oxygens (including phenoxy) is 1. The number of hydrogen-bond acceptors (Lipinski definition) is 5. The lowest BCUT2D eigenvalue weighted by atomic mass is 10.1. The first-order chi connectivity index (χ1) is 18.4. The Balaban J connectivity index is 2.07. The first-order valence-electron chi connectivity index (χ1n) is 12.8. The minimum Gasteiger partial charge on any atom is -0.495 e. The van der Waals surface area contributed by atoms with Crippen molar-refractivity contribution in [2.75, 3.05) is 18.0 Å². The number of carbonyl (C=O) groups is 2. The maximum atomic E-state index is 14.0. The first kappa shape index (κ1) is 29.7. The van der Waals surface area contributed by atoms with Crippen LogP contribution in [0.25, 0.3) is 0 Å². The van der Waals surface area contributed by atoms with Crippen molar-refractivity contribution in [3.05, 3.63) is 89.5 Å². The van der Waals surface area contributed by atoms with Crippen molar-refractivity contribution in [1.82, 2.24) is 10.2 Å². The summed E-state index contributed by atoms with van der Waals surface area (Å²) in [5, 5.41) is 2.85. The Labute approximate surface area is 231 Å². The zero-order valence-electron chi connectivity index (χ0n) is 23.3. The van der Waals surface area contributed by atoms with E-state index in [2.05, 4.69) is 5.32 Å². The summed E-state index contributed by atoms with van der Waals surface area (Å²) in [5.74, 6) is -0.544. The predicted octanol–water partition coefficient (Wildman–Crippen LogP) is 4.45. The molecule has 0 fully saturated rings. The summed E-state index contributed by atoms with van der Waals surface area (Å²) >= 11 is 0. The third-order valence-corrected chi connectivity index (χ3v) is 8.05. The average Bonchev–Trinajstić information content (AvgIpc) is 2.89. The Bertz CT molecular complexity index is 1400. The Morgan fingerprint density at radius 1 is 0.897 bits per heavy atom. The second kappa shape index (κ2) is 12.8. The van der Waals surface area contributed by atoms with Crippen LogP contribution in [0.2, 0.25) is 0 Å². The molecule has 39 heavy (non-hydrogen) atoms. The molecule has 3 aromatic rings. The molecule has 9 heteroatoms. The lowest BCUT2D eigenvalue weighted by Gasteiger charge is -2.32. The molecule has 0 spiro atoms. The van der Waals surface area contributed by atoms with Crippen molar-refractivity contribution in [3.8, 4) is 5.75 Å². The van der Waals surface area contributed by atoms with E-state index in [1.165, 1.54) is 24.1 Å². The Kier molecular flexibility index (Phi) is 9.75. The van der Waals surface area contributed by atoms with Gasteiger partial charge >= 0.3 is 0 Å². The molecular formula is C30H37N3O5S. The molecule has 1 unspecified atom stereocenters. The summed E-state index contributed by atoms with van der Waals surface area (Å²) in [6.07, 6.45) is 0. The number of aryl methyl sites for hydroxylation is 2. The van der Waals surface area contributed by atoms with E-state index in [0.717, 1.165) is 21.0 Å². The van der Waals surface area contributed by atoms with Crippen molar-refractivity contribution >= 4 is 27.5 Å². The van der Waals surface area contributed by atoms with Gasteiger partial charge < -0.3 is 15.0 Å². The number of hydrogen-bond donors (Lipinski definition) is 1. The SMILES string of the molecule is COc1ccccc1N(CC(=O)N(Cc1cccc(C)c1)C(C)C(=O)NC(C)C)S(=O)(=O)c1ccc(C)cc1. The molecule has 0 aliphatic heterocycles. The molecule has 2 amide bonds. The number of anilines is 1. The minimum atomic E-state index is -4.17. The monoisotopic (exact) mass is 551 g/mol. The van der Waals surface area contributed by atoms with Gasteiger partial charge in [-0.2, -0.15) is 0 Å². The summed E-state index contributed by atoms with van der Waals surface area (Å²) < 4.78 is 34.4. The molecule has 1 atom stereocenters. The average molecular weight is 552 g/mol. The van der Waals surface area contributed by atoms with Crippen molar-refractivity contribution in [3.63, 3.8) is 0 Å². The fraction of sp³-hybridized carbons (Fsp3) is 0.333. The molecule has 0 aliphatic rings. The molecule has 0 aliphatic carbocycles. The topological polar surface area (TPSA) is 96.0 Å². The highest BCUT2D eigenvalue weighted by Crippen LogP contribution is 2.32. The van der Waals surface area contributed by atoms with Crippen LogP contribution in [-0.4, -0.2) is 50.9 Å². The number of amides is 2. The molecule has 0 radical (unpaired) electrons. The number of methoxy groups -OCH3 is 1. The molecule has 3 aromatic carbocycles. The molecule has 3 rings (SSSR count). The minimum absolute atomic E-state index is 0.0441. The maximum Gasteiger partial charge on any atom is 0.264 e. The van der Waals surface area contributed by atoms with E-state index in [1.54, 1.807) is 43.3 Å². The molecular weight excluding hydrogens is 514 g/mol. The van der Waals surface area contributed by atoms with Crippen LogP contribution in [-0.2, 0) is 26.2 Å². The molecule has 208 valence electrons. The fourth-order valence-electron chi connectivity index (χ4n) is 4.18. The highest BCUT2D eigenvalue weighted by Gasteiger charge is 2.33. The van der Waals surface area contributed by atoms with Crippen LogP contribution in [0.5, 0.6) is 5.75 Å². The second-order valence-corrected chi connectivity index (χ2v) is 11.7. The number of rotatable bonds is 11. The van der Waals surface area contributed by atoms with E-state index in [1.807, 2.05) is 52.0 Å². The van der Waals surface area contributed by atoms with Crippen molar-refractivity contribution < 1.29 is 22.7 Å². The lowest BCUT2D eigenvalue weighted by Crippen LogP contribution is -2.52. The van der Waals surface area contributed by atoms with Crippen LogP contribution < -0.4 is 14.4 Å². The van der Waals surface area contributed by atoms with Crippen LogP contribution >= 0.6 is 0 Å². The van der Waals surface area contributed by atoms with Crippen molar-refractivity contribution in [1.29, 1.82) is 0 Å². The largest absolute Gasteiger partial charge is 0.495 e. The van der Waals surface area contributed by atoms with Gasteiger partial charge in [0.15, 0.2) is 0 Å². The van der Waals surface area contributed by atoms with Crippen LogP contribution in [0.3, 0.4) is 0 Å². The van der Waals surface area contributed by atoms with Gasteiger partial charge in [0, 0.05) is 12.6 Å². The van der Waals surface area contributed by atoms with E-state index < -0.39 is 28.5 Å². The van der Waals surface area contributed by atoms with E-state index in [4.69, 9.17) is 4.74 Å². The molecule has 0 aromatic heterocycles. The third-order valence-electron chi connectivity index (χ3n) is 6.28. The summed E-state index contributed by atoms with van der Waals surface area (Å²) in [7, 11) is -2.73. The normalized spacial score (nSPS) is 12.1. The number of sulfonamides is 1. The summed E-state index contributed by atoms with van der Waals surface area (Å²) in [6, 6.07) is 19.8. The number of nitrogens with zero attached hydrogens (tertiary/aromatic N) is 2. The summed E-state index contributed by atoms with van der Waals surface area (Å²) in [4.78, 5) is 28.4. The van der Waals surface area contributed by atoms with E-state index in [0.29, 0.717) is 5.75 Å². The molecule has 0 saturated heterocycles. The lowest BCUT2D eigenvalue weighted by molar-refractivity contribution is -0.139. The highest BCUT2D eigenvalue weighted by molar-refractivity contribution is 7.92. The highest BCUT2D eigenvalue weighted by atomic mass is 32.2. The van der Waals surface area contributed by atoms with Gasteiger partial charge in [-0.15, -0.1) is 0 Å². The molecule has 0 bridgehead atoms. The Morgan fingerprint density at radius 3 is 2.18 bits per heavy atom. The maximum absolute atomic E-state index is 14.0. The summed E-state index contributed by atoms with van der Waals surface area (Å²) in [5.41, 5.74) is 2.97. The van der Waals surface area contributed by atoms with Gasteiger partial charge in [0.2, 0.25) is 11.8 Å². The molecule has 0 heterocycles. The molecule has 1 N–H and O–H groups in total. The van der Waals surface area contributed by atoms with Crippen molar-refractivity contribution in [2.45, 2.75) is 58.1 Å². The van der Waals surface area contributed by atoms with Gasteiger partial charge in [0.05, 0.1) is 17.7 Å². The molecule has 8 nitrogen and oxygen atoms in total. The van der Waals surface area contributed by atoms with Crippen LogP contribution in [0.1, 0.15) is 37.5 Å². The number of carbonyl (C=O) groups excluding carboxylic acids is 2. The van der Waals surface area contributed by atoms with Crippen molar-refractivity contribution in [2.24, 2.45) is 0 Å². The summed E-state index contributed by atoms with van der Waals surface area (Å²) in [6.45, 7) is 8.75. The van der Waals surface area contributed by atoms with E-state index in [9.17, 15) is 18.0 Å². The predicted molar refractivity (Wildman–Crippen MR) is 153 cm³/mol. The zero-order valence-corrected chi connectivity index (χ0v) is 24.2. The Morgan fingerprint density at radius 2 is 1.56 bits per heavy atom. The first-order valence-corrected chi connectivity index (χ1v) is 14.3. The Hall–Kier alpha value is -3.85. The quantitative estimate of drug-likeness (QED) is 0.380. The van der Waals surface area contributed by atoms with Gasteiger partial charge in [0.1, 0.15) is 18.3 Å². The standard InChI is InChI=1S/C30H37N3O5S/c1-21(2)31-30(35)24(5)32(19-25-11-9-10-23(4)18-25)29(34)20-33(27-12-7-8-13-28(27)38-6)39(36,37)26-16-14-22(3)15-17-26/h7-18,21,24H,19-20H2,1-6H3,(H,31,35). The number of para-hydroxylation sites is 2. The van der Waals surface area contributed by atoms with Gasteiger partial charge in [-0.3, -0.25) is 13.9 Å². The van der Waals surface area contributed by atoms with Gasteiger partial charge in [-0.1, -0.05) is 59.7 Å². The zero-order chi connectivity index (χ0) is 28.7. The fourth-order valence-corrected chi connectivity index (χ4v) is 5.61. The smallest absolute Gasteiger partial charge is 0.264 e. The van der Waals surface area contributed by atoms with E-state index in [-0.39, 0.29) is 29.1 Å². The van der Waals surface area contributed by atoms with Crippen LogP contribution in [0.4, 0.5) is 5.69 Å². The van der Waals surface area contributed by atoms with Crippen LogP contribution in [0, 0.1) is 13.8 Å². The van der Waals surface area contributed by atoms with Gasteiger partial charge in [-0.05, 0) is 64.4 Å². The van der Waals surface area contributed by atoms with Gasteiger partial charge in [-0.25, -0.2) is 8.42 Å². The third kappa shape index (κ3) is 7.38. The van der Waals surface area contributed by atoms with Crippen LogP contribution in [0.15, 0.2) is 77.7 Å². The van der Waals surface area contributed by atoms with E-state index >= 15 is 0 Å². The molecule has 0 saturated carbocycles.